The minimum absolute atomic E-state index is 0.135. The lowest BCUT2D eigenvalue weighted by atomic mass is 9.84. The second-order valence-electron chi connectivity index (χ2n) is 5.24. The van der Waals surface area contributed by atoms with Crippen molar-refractivity contribution in [3.8, 4) is 0 Å². The Morgan fingerprint density at radius 2 is 1.94 bits per heavy atom. The summed E-state index contributed by atoms with van der Waals surface area (Å²) in [5.74, 6) is 0.705. The molecule has 0 aliphatic carbocycles. The van der Waals surface area contributed by atoms with Crippen LogP contribution in [-0.2, 0) is 4.79 Å². The van der Waals surface area contributed by atoms with Crippen LogP contribution < -0.4 is 10.2 Å². The van der Waals surface area contributed by atoms with Crippen molar-refractivity contribution in [2.45, 2.75) is 6.92 Å². The quantitative estimate of drug-likeness (QED) is 0.841. The number of rotatable bonds is 1. The number of nitrogens with one attached hydrogen (secondary N) is 1. The van der Waals surface area contributed by atoms with Gasteiger partial charge in [-0.2, -0.15) is 0 Å². The van der Waals surface area contributed by atoms with E-state index in [0.29, 0.717) is 5.78 Å². The highest BCUT2D eigenvalue weighted by Gasteiger charge is 2.38. The minimum atomic E-state index is 0.135. The molecule has 2 aliphatic heterocycles. The molecule has 2 heterocycles. The standard InChI is InChI=1S/C14H17ClN2O/c1-9-12(15)3-2-4-13(9)17-7-10-5-16-6-11(8-17)14(10)18/h2-4,10-11,16H,5-8H2,1H3. The topological polar surface area (TPSA) is 32.3 Å². The summed E-state index contributed by atoms with van der Waals surface area (Å²) in [6.07, 6.45) is 0. The molecule has 1 aromatic rings. The van der Waals surface area contributed by atoms with Crippen molar-refractivity contribution in [3.63, 3.8) is 0 Å². The van der Waals surface area contributed by atoms with E-state index in [1.165, 1.54) is 5.69 Å². The third-order valence-electron chi connectivity index (χ3n) is 4.05. The summed E-state index contributed by atoms with van der Waals surface area (Å²) in [4.78, 5) is 14.4. The van der Waals surface area contributed by atoms with E-state index in [2.05, 4.69) is 16.3 Å². The van der Waals surface area contributed by atoms with Crippen molar-refractivity contribution in [2.75, 3.05) is 31.1 Å². The number of fused-ring (bicyclic) bond motifs is 2. The van der Waals surface area contributed by atoms with Gasteiger partial charge in [-0.1, -0.05) is 17.7 Å². The fraction of sp³-hybridized carbons (Fsp3) is 0.500. The Balaban J connectivity index is 1.90. The summed E-state index contributed by atoms with van der Waals surface area (Å²) in [6.45, 7) is 5.28. The molecule has 1 N–H and O–H groups in total. The molecule has 0 spiro atoms. The number of hydrogen-bond acceptors (Lipinski definition) is 3. The maximum Gasteiger partial charge on any atom is 0.145 e. The highest BCUT2D eigenvalue weighted by molar-refractivity contribution is 6.31. The van der Waals surface area contributed by atoms with Gasteiger partial charge in [0.05, 0.1) is 0 Å². The molecule has 3 rings (SSSR count). The first-order valence-electron chi connectivity index (χ1n) is 6.41. The molecule has 0 saturated carbocycles. The minimum Gasteiger partial charge on any atom is -0.370 e. The van der Waals surface area contributed by atoms with Crippen LogP contribution >= 0.6 is 11.6 Å². The Morgan fingerprint density at radius 3 is 2.61 bits per heavy atom. The van der Waals surface area contributed by atoms with Crippen molar-refractivity contribution >= 4 is 23.1 Å². The lowest BCUT2D eigenvalue weighted by Crippen LogP contribution is -2.57. The molecule has 2 aliphatic rings. The zero-order chi connectivity index (χ0) is 12.7. The van der Waals surface area contributed by atoms with Crippen LogP contribution in [0.4, 0.5) is 5.69 Å². The number of carbonyl (C=O) groups excluding carboxylic acids is 1. The Bertz CT molecular complexity index is 473. The lowest BCUT2D eigenvalue weighted by molar-refractivity contribution is -0.129. The summed E-state index contributed by atoms with van der Waals surface area (Å²) in [5.41, 5.74) is 2.28. The Kier molecular flexibility index (Phi) is 3.04. The van der Waals surface area contributed by atoms with Crippen molar-refractivity contribution in [3.05, 3.63) is 28.8 Å². The van der Waals surface area contributed by atoms with E-state index < -0.39 is 0 Å². The van der Waals surface area contributed by atoms with Gasteiger partial charge in [0.1, 0.15) is 5.78 Å². The third-order valence-corrected chi connectivity index (χ3v) is 4.46. The number of ketones is 1. The molecule has 0 amide bonds. The highest BCUT2D eigenvalue weighted by atomic mass is 35.5. The van der Waals surface area contributed by atoms with Crippen LogP contribution in [0, 0.1) is 18.8 Å². The first-order valence-corrected chi connectivity index (χ1v) is 6.79. The molecule has 96 valence electrons. The molecule has 2 saturated heterocycles. The van der Waals surface area contributed by atoms with E-state index >= 15 is 0 Å². The summed E-state index contributed by atoms with van der Waals surface area (Å²) in [5, 5.41) is 4.14. The zero-order valence-corrected chi connectivity index (χ0v) is 11.2. The van der Waals surface area contributed by atoms with Crippen LogP contribution in [0.3, 0.4) is 0 Å². The molecule has 18 heavy (non-hydrogen) atoms. The van der Waals surface area contributed by atoms with Crippen LogP contribution in [0.15, 0.2) is 18.2 Å². The predicted molar refractivity (Wildman–Crippen MR) is 73.3 cm³/mol. The second kappa shape index (κ2) is 4.56. The Morgan fingerprint density at radius 1 is 1.28 bits per heavy atom. The van der Waals surface area contributed by atoms with Crippen LogP contribution in [-0.4, -0.2) is 32.0 Å². The van der Waals surface area contributed by atoms with Crippen LogP contribution in [0.25, 0.3) is 0 Å². The Hall–Kier alpha value is -1.06. The maximum atomic E-state index is 12.0. The van der Waals surface area contributed by atoms with Crippen molar-refractivity contribution < 1.29 is 4.79 Å². The number of anilines is 1. The number of benzene rings is 1. The van der Waals surface area contributed by atoms with E-state index in [-0.39, 0.29) is 11.8 Å². The molecule has 2 fully saturated rings. The summed E-state index contributed by atoms with van der Waals surface area (Å²) in [7, 11) is 0. The van der Waals surface area contributed by atoms with Crippen molar-refractivity contribution in [1.29, 1.82) is 0 Å². The number of piperidine rings is 2. The van der Waals surface area contributed by atoms with E-state index in [4.69, 9.17) is 11.6 Å². The molecule has 2 unspecified atom stereocenters. The van der Waals surface area contributed by atoms with E-state index in [1.807, 2.05) is 19.1 Å². The molecule has 1 aromatic carbocycles. The van der Waals surface area contributed by atoms with Crippen molar-refractivity contribution in [2.24, 2.45) is 11.8 Å². The van der Waals surface area contributed by atoms with Gasteiger partial charge in [0.15, 0.2) is 0 Å². The summed E-state index contributed by atoms with van der Waals surface area (Å²) < 4.78 is 0. The second-order valence-corrected chi connectivity index (χ2v) is 5.65. The van der Waals surface area contributed by atoms with E-state index in [0.717, 1.165) is 36.8 Å². The van der Waals surface area contributed by atoms with E-state index in [1.54, 1.807) is 0 Å². The van der Waals surface area contributed by atoms with Gasteiger partial charge in [0.25, 0.3) is 0 Å². The fourth-order valence-corrected chi connectivity index (χ4v) is 3.19. The number of Topliss-reactive ketones (excluding diaryl/α,β-unsaturated/α-hetero) is 1. The molecule has 2 bridgehead atoms. The smallest absolute Gasteiger partial charge is 0.145 e. The highest BCUT2D eigenvalue weighted by Crippen LogP contribution is 2.31. The normalized spacial score (nSPS) is 27.4. The van der Waals surface area contributed by atoms with Gasteiger partial charge < -0.3 is 10.2 Å². The fourth-order valence-electron chi connectivity index (χ4n) is 3.02. The zero-order valence-electron chi connectivity index (χ0n) is 10.4. The average molecular weight is 265 g/mol. The van der Waals surface area contributed by atoms with Gasteiger partial charge in [0, 0.05) is 48.7 Å². The van der Waals surface area contributed by atoms with Gasteiger partial charge in [-0.15, -0.1) is 0 Å². The van der Waals surface area contributed by atoms with Gasteiger partial charge in [-0.25, -0.2) is 0 Å². The molecular formula is C14H17ClN2O. The number of halogens is 1. The SMILES string of the molecule is Cc1c(Cl)cccc1N1CC2CNCC(C1)C2=O. The van der Waals surface area contributed by atoms with Crippen molar-refractivity contribution in [1.82, 2.24) is 5.32 Å². The summed E-state index contributed by atoms with van der Waals surface area (Å²) in [6, 6.07) is 5.99. The molecule has 0 radical (unpaired) electrons. The van der Waals surface area contributed by atoms with Crippen LogP contribution in [0.5, 0.6) is 0 Å². The van der Waals surface area contributed by atoms with Gasteiger partial charge >= 0.3 is 0 Å². The maximum absolute atomic E-state index is 12.0. The van der Waals surface area contributed by atoms with E-state index in [9.17, 15) is 4.79 Å². The monoisotopic (exact) mass is 264 g/mol. The third kappa shape index (κ3) is 1.91. The molecule has 4 heteroatoms. The number of carbonyl (C=O) groups is 1. The average Bonchev–Trinajstić information content (AvgIpc) is 2.33. The Labute approximate surface area is 112 Å². The van der Waals surface area contributed by atoms with Crippen LogP contribution in [0.2, 0.25) is 5.02 Å². The molecule has 2 atom stereocenters. The first-order chi connectivity index (χ1) is 8.66. The lowest BCUT2D eigenvalue weighted by Gasteiger charge is -2.42. The molecule has 0 aromatic heterocycles. The van der Waals surface area contributed by atoms with Crippen LogP contribution in [0.1, 0.15) is 5.56 Å². The van der Waals surface area contributed by atoms with Gasteiger partial charge in [0.2, 0.25) is 0 Å². The largest absolute Gasteiger partial charge is 0.370 e. The molecule has 3 nitrogen and oxygen atoms in total. The predicted octanol–water partition coefficient (Wildman–Crippen LogP) is 1.87. The first kappa shape index (κ1) is 12.0. The van der Waals surface area contributed by atoms with Gasteiger partial charge in [-0.3, -0.25) is 4.79 Å². The molecular weight excluding hydrogens is 248 g/mol. The number of hydrogen-bond donors (Lipinski definition) is 1. The number of nitrogens with zero attached hydrogens (tertiary/aromatic N) is 1. The summed E-state index contributed by atoms with van der Waals surface area (Å²) >= 11 is 6.18. The van der Waals surface area contributed by atoms with Gasteiger partial charge in [-0.05, 0) is 24.6 Å².